The van der Waals surface area contributed by atoms with Crippen molar-refractivity contribution in [1.82, 2.24) is 5.43 Å². The summed E-state index contributed by atoms with van der Waals surface area (Å²) in [7, 11) is 0. The van der Waals surface area contributed by atoms with Crippen LogP contribution in [-0.4, -0.2) is 21.5 Å². The molecular weight excluding hydrogens is 298 g/mol. The third-order valence-corrected chi connectivity index (χ3v) is 3.33. The van der Waals surface area contributed by atoms with Crippen LogP contribution in [0.4, 0.5) is 5.69 Å². The fraction of sp³-hybridized carbons (Fsp3) is 0.125. The average Bonchev–Trinajstić information content (AvgIpc) is 2.47. The molecule has 0 heterocycles. The number of phenolic OH excluding ortho intramolecular Hbond substituents is 2. The van der Waals surface area contributed by atoms with Crippen molar-refractivity contribution in [3.63, 3.8) is 0 Å². The number of anilines is 1. The van der Waals surface area contributed by atoms with E-state index in [2.05, 4.69) is 15.8 Å². The van der Waals surface area contributed by atoms with Crippen LogP contribution in [0.15, 0.2) is 41.5 Å². The molecule has 0 amide bonds. The summed E-state index contributed by atoms with van der Waals surface area (Å²) in [6.07, 6.45) is 1.38. The van der Waals surface area contributed by atoms with Crippen molar-refractivity contribution in [2.75, 3.05) is 5.32 Å². The molecule has 0 unspecified atom stereocenters. The lowest BCUT2D eigenvalue weighted by molar-refractivity contribution is 0.403. The van der Waals surface area contributed by atoms with E-state index in [0.717, 1.165) is 16.8 Å². The molecular formula is C16H17N3O2S. The topological polar surface area (TPSA) is 76.9 Å². The summed E-state index contributed by atoms with van der Waals surface area (Å²) in [6, 6.07) is 10.6. The Kier molecular flexibility index (Phi) is 4.95. The van der Waals surface area contributed by atoms with Gasteiger partial charge in [-0.1, -0.05) is 24.3 Å². The van der Waals surface area contributed by atoms with Crippen LogP contribution < -0.4 is 10.7 Å². The van der Waals surface area contributed by atoms with Crippen molar-refractivity contribution in [3.8, 4) is 11.5 Å². The van der Waals surface area contributed by atoms with Gasteiger partial charge in [0.2, 0.25) is 0 Å². The maximum Gasteiger partial charge on any atom is 0.191 e. The Balaban J connectivity index is 2.01. The summed E-state index contributed by atoms with van der Waals surface area (Å²) < 4.78 is 0. The van der Waals surface area contributed by atoms with E-state index in [1.54, 1.807) is 12.1 Å². The summed E-state index contributed by atoms with van der Waals surface area (Å²) >= 11 is 5.18. The zero-order valence-electron chi connectivity index (χ0n) is 12.3. The fourth-order valence-electron chi connectivity index (χ4n) is 1.97. The van der Waals surface area contributed by atoms with Crippen molar-refractivity contribution < 1.29 is 10.2 Å². The molecule has 22 heavy (non-hydrogen) atoms. The molecule has 0 saturated heterocycles. The summed E-state index contributed by atoms with van der Waals surface area (Å²) in [5, 5.41) is 26.4. The van der Waals surface area contributed by atoms with E-state index in [1.807, 2.05) is 32.0 Å². The highest BCUT2D eigenvalue weighted by Crippen LogP contribution is 2.26. The number of rotatable bonds is 3. The predicted molar refractivity (Wildman–Crippen MR) is 92.6 cm³/mol. The average molecular weight is 315 g/mol. The summed E-state index contributed by atoms with van der Waals surface area (Å²) in [5.74, 6) is -0.415. The van der Waals surface area contributed by atoms with Crippen molar-refractivity contribution in [2.45, 2.75) is 13.8 Å². The van der Waals surface area contributed by atoms with Crippen molar-refractivity contribution in [1.29, 1.82) is 0 Å². The van der Waals surface area contributed by atoms with Crippen LogP contribution in [0.5, 0.6) is 11.5 Å². The number of hydrogen-bond acceptors (Lipinski definition) is 4. The minimum absolute atomic E-state index is 0.194. The third kappa shape index (κ3) is 3.73. The first-order chi connectivity index (χ1) is 10.5. The van der Waals surface area contributed by atoms with E-state index in [1.165, 1.54) is 12.3 Å². The van der Waals surface area contributed by atoms with Gasteiger partial charge in [-0.3, -0.25) is 5.43 Å². The summed E-state index contributed by atoms with van der Waals surface area (Å²) in [6.45, 7) is 3.98. The standard InChI is InChI=1S/C16H17N3O2S/c1-10-5-3-6-11(2)14(10)18-16(22)19-17-9-12-7-4-8-13(20)15(12)21/h3-9,20-21H,1-2H3,(H2,18,19,22). The number of hydrogen-bond donors (Lipinski definition) is 4. The second-order valence-corrected chi connectivity index (χ2v) is 5.21. The molecule has 4 N–H and O–H groups in total. The van der Waals surface area contributed by atoms with Gasteiger partial charge < -0.3 is 15.5 Å². The highest BCUT2D eigenvalue weighted by atomic mass is 32.1. The van der Waals surface area contributed by atoms with Crippen molar-refractivity contribution in [3.05, 3.63) is 53.1 Å². The number of aryl methyl sites for hydroxylation is 2. The van der Waals surface area contributed by atoms with Gasteiger partial charge in [-0.05, 0) is 49.3 Å². The molecule has 0 fully saturated rings. The molecule has 2 rings (SSSR count). The van der Waals surface area contributed by atoms with Crippen LogP contribution in [-0.2, 0) is 0 Å². The minimum Gasteiger partial charge on any atom is -0.504 e. The van der Waals surface area contributed by atoms with E-state index in [-0.39, 0.29) is 11.5 Å². The molecule has 0 saturated carbocycles. The van der Waals surface area contributed by atoms with Gasteiger partial charge in [-0.15, -0.1) is 0 Å². The summed E-state index contributed by atoms with van der Waals surface area (Å²) in [4.78, 5) is 0. The van der Waals surface area contributed by atoms with E-state index in [0.29, 0.717) is 10.7 Å². The first kappa shape index (κ1) is 15.8. The number of hydrazone groups is 1. The van der Waals surface area contributed by atoms with Crippen molar-refractivity contribution >= 4 is 29.2 Å². The number of benzene rings is 2. The quantitative estimate of drug-likeness (QED) is 0.303. The Hall–Kier alpha value is -2.60. The Morgan fingerprint density at radius 2 is 1.73 bits per heavy atom. The normalized spacial score (nSPS) is 10.6. The van der Waals surface area contributed by atoms with Crippen LogP contribution in [0.1, 0.15) is 16.7 Å². The van der Waals surface area contributed by atoms with E-state index < -0.39 is 0 Å². The smallest absolute Gasteiger partial charge is 0.191 e. The van der Waals surface area contributed by atoms with Gasteiger partial charge in [0.25, 0.3) is 0 Å². The van der Waals surface area contributed by atoms with Crippen LogP contribution in [0.25, 0.3) is 0 Å². The zero-order chi connectivity index (χ0) is 16.1. The first-order valence-electron chi connectivity index (χ1n) is 6.66. The van der Waals surface area contributed by atoms with Gasteiger partial charge in [-0.25, -0.2) is 0 Å². The first-order valence-corrected chi connectivity index (χ1v) is 7.07. The molecule has 0 aliphatic rings. The highest BCUT2D eigenvalue weighted by Gasteiger charge is 2.04. The zero-order valence-corrected chi connectivity index (χ0v) is 13.1. The highest BCUT2D eigenvalue weighted by molar-refractivity contribution is 7.80. The molecule has 0 aromatic heterocycles. The second kappa shape index (κ2) is 6.91. The van der Waals surface area contributed by atoms with Gasteiger partial charge in [0.1, 0.15) is 0 Å². The van der Waals surface area contributed by atoms with E-state index in [4.69, 9.17) is 12.2 Å². The molecule has 6 heteroatoms. The number of nitrogens with one attached hydrogen (secondary N) is 2. The maximum atomic E-state index is 9.65. The molecule has 0 spiro atoms. The van der Waals surface area contributed by atoms with E-state index >= 15 is 0 Å². The molecule has 2 aromatic carbocycles. The van der Waals surface area contributed by atoms with Crippen molar-refractivity contribution in [2.24, 2.45) is 5.10 Å². The second-order valence-electron chi connectivity index (χ2n) is 4.81. The van der Waals surface area contributed by atoms with Gasteiger partial charge >= 0.3 is 0 Å². The summed E-state index contributed by atoms with van der Waals surface area (Å²) in [5.41, 5.74) is 6.17. The Morgan fingerprint density at radius 3 is 2.41 bits per heavy atom. The lowest BCUT2D eigenvalue weighted by Crippen LogP contribution is -2.24. The van der Waals surface area contributed by atoms with Gasteiger partial charge in [-0.2, -0.15) is 5.10 Å². The number of aromatic hydroxyl groups is 2. The molecule has 114 valence electrons. The molecule has 0 atom stereocenters. The Morgan fingerprint density at radius 1 is 1.09 bits per heavy atom. The lowest BCUT2D eigenvalue weighted by Gasteiger charge is -2.12. The fourth-order valence-corrected chi connectivity index (χ4v) is 2.12. The molecule has 0 bridgehead atoms. The van der Waals surface area contributed by atoms with Gasteiger partial charge in [0, 0.05) is 11.3 Å². The monoisotopic (exact) mass is 315 g/mol. The van der Waals surface area contributed by atoms with Gasteiger partial charge in [0.05, 0.1) is 6.21 Å². The number of para-hydroxylation sites is 2. The predicted octanol–water partition coefficient (Wildman–Crippen LogP) is 3.04. The Labute approximate surface area is 134 Å². The SMILES string of the molecule is Cc1cccc(C)c1NC(=S)NN=Cc1cccc(O)c1O. The largest absolute Gasteiger partial charge is 0.504 e. The van der Waals surface area contributed by atoms with Crippen LogP contribution in [0, 0.1) is 13.8 Å². The molecule has 5 nitrogen and oxygen atoms in total. The number of phenols is 2. The molecule has 2 aromatic rings. The number of thiocarbonyl (C=S) groups is 1. The van der Waals surface area contributed by atoms with Gasteiger partial charge in [0.15, 0.2) is 16.6 Å². The minimum atomic E-state index is -0.221. The van der Waals surface area contributed by atoms with Crippen LogP contribution >= 0.6 is 12.2 Å². The Bertz CT molecular complexity index is 709. The third-order valence-electron chi connectivity index (χ3n) is 3.14. The molecule has 0 radical (unpaired) electrons. The van der Waals surface area contributed by atoms with E-state index in [9.17, 15) is 10.2 Å². The molecule has 0 aliphatic carbocycles. The van der Waals surface area contributed by atoms with Crippen LogP contribution in [0.2, 0.25) is 0 Å². The molecule has 0 aliphatic heterocycles. The number of nitrogens with zero attached hydrogens (tertiary/aromatic N) is 1. The van der Waals surface area contributed by atoms with Crippen LogP contribution in [0.3, 0.4) is 0 Å². The maximum absolute atomic E-state index is 9.65. The lowest BCUT2D eigenvalue weighted by atomic mass is 10.1.